The first-order valence-electron chi connectivity index (χ1n) is 42.8. The highest BCUT2D eigenvalue weighted by atomic mass is 15.0. The Morgan fingerprint density at radius 3 is 1.24 bits per heavy atom. The van der Waals surface area contributed by atoms with Gasteiger partial charge in [-0.1, -0.05) is 380 Å². The van der Waals surface area contributed by atoms with E-state index in [9.17, 15) is 0 Å². The van der Waals surface area contributed by atoms with Crippen LogP contribution in [0.15, 0.2) is 398 Å². The molecule has 2 aliphatic rings. The predicted molar refractivity (Wildman–Crippen MR) is 519 cm³/mol. The zero-order valence-corrected chi connectivity index (χ0v) is 69.3. The van der Waals surface area contributed by atoms with Crippen LogP contribution in [0, 0.1) is 0 Å². The molecule has 0 saturated heterocycles. The molecule has 0 spiro atoms. The van der Waals surface area contributed by atoms with Gasteiger partial charge in [-0.15, -0.1) is 0 Å². The fourth-order valence-electron chi connectivity index (χ4n) is 20.7. The van der Waals surface area contributed by atoms with Crippen molar-refractivity contribution in [1.29, 1.82) is 0 Å². The first-order chi connectivity index (χ1) is 60.3. The summed E-state index contributed by atoms with van der Waals surface area (Å²) in [5, 5.41) is 20.3. The first kappa shape index (κ1) is 73.0. The third-order valence-corrected chi connectivity index (χ3v) is 26.7. The lowest BCUT2D eigenvalue weighted by atomic mass is 9.76. The molecule has 21 aromatic rings. The van der Waals surface area contributed by atoms with Crippen LogP contribution in [0.2, 0.25) is 0 Å². The zero-order chi connectivity index (χ0) is 82.3. The summed E-state index contributed by atoms with van der Waals surface area (Å²) in [5.74, 6) is 2.49. The highest BCUT2D eigenvalue weighted by Gasteiger charge is 2.42. The molecule has 0 aliphatic heterocycles. The molecule has 0 radical (unpaired) electrons. The van der Waals surface area contributed by atoms with E-state index in [-0.39, 0.29) is 11.5 Å². The average Bonchev–Trinajstić information content (AvgIpc) is 1.53. The molecule has 0 unspecified atom stereocenters. The third kappa shape index (κ3) is 11.9. The van der Waals surface area contributed by atoms with Gasteiger partial charge in [-0.25, -0.2) is 19.9 Å². The minimum Gasteiger partial charge on any atom is -0.258 e. The molecule has 1 heterocycles. The summed E-state index contributed by atoms with van der Waals surface area (Å²) in [7, 11) is 0. The second-order valence-electron chi connectivity index (χ2n) is 34.4. The molecule has 20 aromatic carbocycles. The Hall–Kier alpha value is -15.2. The molecule has 0 N–H and O–H groups in total. The van der Waals surface area contributed by atoms with Crippen molar-refractivity contribution < 1.29 is 0 Å². The number of benzene rings is 20. The lowest BCUT2D eigenvalue weighted by Crippen LogP contribution is -2.18. The van der Waals surface area contributed by atoms with Crippen molar-refractivity contribution in [3.8, 4) is 112 Å². The van der Waals surface area contributed by atoms with Gasteiger partial charge in [0.2, 0.25) is 0 Å². The topological polar surface area (TPSA) is 63.4 Å². The Bertz CT molecular complexity index is 8050. The van der Waals surface area contributed by atoms with Crippen molar-refractivity contribution in [2.75, 3.05) is 0 Å². The van der Waals surface area contributed by atoms with E-state index in [1.807, 2.05) is 6.07 Å². The van der Waals surface area contributed by atoms with Gasteiger partial charge < -0.3 is 0 Å². The molecular formula is C118H83N5. The van der Waals surface area contributed by atoms with Gasteiger partial charge in [-0.2, -0.15) is 0 Å². The number of hydrogen-bond acceptors (Lipinski definition) is 4. The second-order valence-corrected chi connectivity index (χ2v) is 34.4. The summed E-state index contributed by atoms with van der Waals surface area (Å²) in [6.45, 7) is 13.9. The van der Waals surface area contributed by atoms with Crippen molar-refractivity contribution >= 4 is 97.7 Å². The van der Waals surface area contributed by atoms with E-state index in [4.69, 9.17) is 24.9 Å². The van der Waals surface area contributed by atoms with Gasteiger partial charge >= 0.3 is 0 Å². The number of aromatic nitrogens is 3. The molecule has 2 aliphatic carbocycles. The van der Waals surface area contributed by atoms with Crippen LogP contribution in [0.4, 0.5) is 0 Å². The van der Waals surface area contributed by atoms with E-state index in [0.717, 1.165) is 83.6 Å². The lowest BCUT2D eigenvalue weighted by Gasteiger charge is -2.27. The van der Waals surface area contributed by atoms with Crippen LogP contribution in [0.1, 0.15) is 86.5 Å². The van der Waals surface area contributed by atoms with Gasteiger partial charge in [-0.05, 0) is 242 Å². The fourth-order valence-corrected chi connectivity index (χ4v) is 20.7. The predicted octanol–water partition coefficient (Wildman–Crippen LogP) is 31.1. The molecule has 1 aromatic heterocycles. The van der Waals surface area contributed by atoms with Crippen molar-refractivity contribution in [3.05, 3.63) is 427 Å². The van der Waals surface area contributed by atoms with Gasteiger partial charge in [0, 0.05) is 44.4 Å². The molecule has 5 nitrogen and oxygen atoms in total. The Morgan fingerprint density at radius 2 is 0.667 bits per heavy atom. The quantitative estimate of drug-likeness (QED) is 0.0696. The van der Waals surface area contributed by atoms with Crippen molar-refractivity contribution in [2.45, 2.75) is 58.4 Å². The van der Waals surface area contributed by atoms with Crippen LogP contribution in [-0.2, 0) is 10.8 Å². The number of aliphatic imine (C=N–C) groups is 2. The molecule has 5 heteroatoms. The van der Waals surface area contributed by atoms with E-state index >= 15 is 0 Å². The fraction of sp³-hybridized carbons (Fsp3) is 0.0763. The molecule has 0 bridgehead atoms. The van der Waals surface area contributed by atoms with Crippen molar-refractivity contribution in [1.82, 2.24) is 15.0 Å². The number of amidine groups is 1. The Balaban J connectivity index is 0.613. The summed E-state index contributed by atoms with van der Waals surface area (Å²) >= 11 is 0. The zero-order valence-electron chi connectivity index (χ0n) is 69.3. The van der Waals surface area contributed by atoms with Crippen LogP contribution < -0.4 is 0 Å². The number of rotatable bonds is 12. The lowest BCUT2D eigenvalue weighted by molar-refractivity contribution is 0.659. The van der Waals surface area contributed by atoms with E-state index in [0.29, 0.717) is 23.3 Å². The van der Waals surface area contributed by atoms with Gasteiger partial charge in [-0.3, -0.25) is 4.99 Å². The first-order valence-corrected chi connectivity index (χ1v) is 42.8. The van der Waals surface area contributed by atoms with E-state index < -0.39 is 5.41 Å². The van der Waals surface area contributed by atoms with E-state index in [1.54, 1.807) is 0 Å². The molecule has 0 fully saturated rings. The van der Waals surface area contributed by atoms with Crippen LogP contribution in [0.5, 0.6) is 0 Å². The standard InChI is InChI=1S/C118H83N5/c1-71(79-35-29-36-80(65-79)73-55-59-75(60-56-73)100-69-102-90-43-15-13-39-86(90)88-41-17-21-47-94(88)108(102)96-49-23-19-45-92(96)100)119-113(76-31-9-7-10-32-76)120-72(2)84-63-64-85(112-111(84)99-52-26-28-54-106(99)118(112,5)6)83-67-104(110-98-51-25-27-53-105(98)117(3,4)107(110)68-83)116-122-114(77-33-11-8-12-34-77)121-115(123-116)78-61-57-74(58-62-78)81-37-30-38-82(66-81)101-70-103-91-44-16-14-40-87(91)89-42-18-22-48-95(89)109(103)97-50-24-20-46-93(97)101/h7-71H,1-6H3/t71-/m1/s1. The third-order valence-electron chi connectivity index (χ3n) is 26.7. The minimum absolute atomic E-state index is 0.240. The monoisotopic (exact) mass is 1570 g/mol. The van der Waals surface area contributed by atoms with Gasteiger partial charge in [0.25, 0.3) is 0 Å². The highest BCUT2D eigenvalue weighted by molar-refractivity contribution is 6.35. The van der Waals surface area contributed by atoms with Crippen LogP contribution in [0.3, 0.4) is 0 Å². The SMILES string of the molecule is CC(=NC(=N[C@H](C)c1cccc(-c2ccc(-c3cc4c5ccccc5c5ccccc5c4c4ccccc34)cc2)c1)c1ccccc1)c1ccc(-c2cc(-c3nc(-c4ccccc4)nc(-c4ccc(-c5cccc(-c6cc7c8ccccc8c8ccccc8c7c7ccccc67)c5)cc4)n3)c3c(c2)C(C)(C)c2ccccc2-3)c2c1-c1ccccc1C2(C)C. The molecule has 0 amide bonds. The molecular weight excluding hydrogens is 1490 g/mol. The maximum absolute atomic E-state index is 5.69. The summed E-state index contributed by atoms with van der Waals surface area (Å²) in [4.78, 5) is 27.9. The Morgan fingerprint density at radius 1 is 0.260 bits per heavy atom. The number of hydrogen-bond donors (Lipinski definition) is 0. The molecule has 23 rings (SSSR count). The van der Waals surface area contributed by atoms with E-state index in [2.05, 4.69) is 424 Å². The number of fused-ring (bicyclic) bond motifs is 22. The molecule has 0 saturated carbocycles. The summed E-state index contributed by atoms with van der Waals surface area (Å²) in [6.07, 6.45) is 0. The van der Waals surface area contributed by atoms with Gasteiger partial charge in [0.1, 0.15) is 0 Å². The number of nitrogens with zero attached hydrogens (tertiary/aromatic N) is 5. The summed E-state index contributed by atoms with van der Waals surface area (Å²) in [5.41, 5.74) is 27.2. The molecule has 1 atom stereocenters. The maximum Gasteiger partial charge on any atom is 0.164 e. The molecule has 580 valence electrons. The highest BCUT2D eigenvalue weighted by Crippen LogP contribution is 2.58. The minimum atomic E-state index is -0.425. The summed E-state index contributed by atoms with van der Waals surface area (Å²) in [6, 6.07) is 142. The Labute approximate surface area is 715 Å². The largest absolute Gasteiger partial charge is 0.258 e. The second kappa shape index (κ2) is 28.8. The summed E-state index contributed by atoms with van der Waals surface area (Å²) < 4.78 is 0. The van der Waals surface area contributed by atoms with Crippen molar-refractivity contribution in [2.24, 2.45) is 9.98 Å². The van der Waals surface area contributed by atoms with E-state index in [1.165, 1.54) is 142 Å². The maximum atomic E-state index is 5.69. The normalized spacial score (nSPS) is 13.6. The van der Waals surface area contributed by atoms with Gasteiger partial charge in [0.15, 0.2) is 23.3 Å². The van der Waals surface area contributed by atoms with Crippen LogP contribution >= 0.6 is 0 Å². The smallest absolute Gasteiger partial charge is 0.164 e. The average molecular weight is 1570 g/mol. The molecule has 123 heavy (non-hydrogen) atoms. The Kier molecular flexibility index (Phi) is 17.1. The van der Waals surface area contributed by atoms with Crippen LogP contribution in [-0.4, -0.2) is 26.5 Å². The van der Waals surface area contributed by atoms with Crippen molar-refractivity contribution in [3.63, 3.8) is 0 Å². The van der Waals surface area contributed by atoms with Crippen LogP contribution in [0.25, 0.3) is 198 Å². The van der Waals surface area contributed by atoms with Gasteiger partial charge in [0.05, 0.1) is 6.04 Å².